The first-order valence-electron chi connectivity index (χ1n) is 8.17. The highest BCUT2D eigenvalue weighted by Gasteiger charge is 2.27. The van der Waals surface area contributed by atoms with Gasteiger partial charge in [-0.1, -0.05) is 23.7 Å². The van der Waals surface area contributed by atoms with Crippen LogP contribution in [0.25, 0.3) is 11.3 Å². The predicted molar refractivity (Wildman–Crippen MR) is 106 cm³/mol. The van der Waals surface area contributed by atoms with E-state index in [9.17, 15) is 4.79 Å². The molecule has 0 saturated carbocycles. The molecule has 1 aliphatic heterocycles. The average Bonchev–Trinajstić information content (AvgIpc) is 3.30. The molecule has 2 heterocycles. The molecule has 0 saturated heterocycles. The lowest BCUT2D eigenvalue weighted by Crippen LogP contribution is -2.08. The summed E-state index contributed by atoms with van der Waals surface area (Å²) in [5, 5.41) is 6.25. The highest BCUT2D eigenvalue weighted by atomic mass is 35.5. The zero-order valence-corrected chi connectivity index (χ0v) is 15.9. The van der Waals surface area contributed by atoms with Gasteiger partial charge in [-0.3, -0.25) is 0 Å². The van der Waals surface area contributed by atoms with Crippen molar-refractivity contribution in [3.8, 4) is 17.0 Å². The molecule has 0 aliphatic carbocycles. The summed E-state index contributed by atoms with van der Waals surface area (Å²) < 4.78 is 10.6. The van der Waals surface area contributed by atoms with Crippen molar-refractivity contribution in [2.24, 2.45) is 0 Å². The van der Waals surface area contributed by atoms with E-state index in [1.807, 2.05) is 41.8 Å². The number of hydrogen-bond donors (Lipinski definition) is 1. The minimum atomic E-state index is -0.432. The lowest BCUT2D eigenvalue weighted by Gasteiger charge is -2.07. The predicted octanol–water partition coefficient (Wildman–Crippen LogP) is 5.07. The van der Waals surface area contributed by atoms with Crippen LogP contribution in [0, 0.1) is 0 Å². The van der Waals surface area contributed by atoms with Crippen molar-refractivity contribution >= 4 is 34.0 Å². The van der Waals surface area contributed by atoms with Crippen molar-refractivity contribution in [3.63, 3.8) is 0 Å². The molecule has 27 heavy (non-hydrogen) atoms. The molecule has 0 radical (unpaired) electrons. The summed E-state index contributed by atoms with van der Waals surface area (Å²) in [4.78, 5) is 16.7. The molecule has 0 fully saturated rings. The molecule has 2 aromatic carbocycles. The van der Waals surface area contributed by atoms with E-state index in [1.54, 1.807) is 25.3 Å². The number of carbonyl (C=O) groups is 1. The number of rotatable bonds is 5. The zero-order valence-electron chi connectivity index (χ0n) is 14.3. The Kier molecular flexibility index (Phi) is 4.83. The maximum absolute atomic E-state index is 12.2. The molecule has 4 rings (SSSR count). The Bertz CT molecular complexity index is 997. The highest BCUT2D eigenvalue weighted by Crippen LogP contribution is 2.31. The zero-order chi connectivity index (χ0) is 18.8. The van der Waals surface area contributed by atoms with Crippen LogP contribution in [0.15, 0.2) is 65.7 Å². The quantitative estimate of drug-likeness (QED) is 0.608. The first-order valence-corrected chi connectivity index (χ1v) is 9.43. The number of methoxy groups -OCH3 is 1. The Morgan fingerprint density at radius 1 is 1.15 bits per heavy atom. The molecule has 1 aromatic heterocycles. The summed E-state index contributed by atoms with van der Waals surface area (Å²) in [6.45, 7) is 0. The Morgan fingerprint density at radius 3 is 2.59 bits per heavy atom. The molecule has 0 bridgehead atoms. The van der Waals surface area contributed by atoms with Crippen molar-refractivity contribution < 1.29 is 14.3 Å². The smallest absolute Gasteiger partial charge is 0.355 e. The van der Waals surface area contributed by atoms with Gasteiger partial charge in [-0.05, 0) is 48.0 Å². The molecular formula is C20H15ClN2O3S. The van der Waals surface area contributed by atoms with E-state index in [1.165, 1.54) is 11.3 Å². The fraction of sp³-hybridized carbons (Fsp3) is 0.100. The van der Waals surface area contributed by atoms with Gasteiger partial charge in [0.05, 0.1) is 12.8 Å². The summed E-state index contributed by atoms with van der Waals surface area (Å²) in [5.41, 5.74) is 3.04. The number of hydrogen-bond acceptors (Lipinski definition) is 6. The van der Waals surface area contributed by atoms with E-state index in [-0.39, 0.29) is 0 Å². The van der Waals surface area contributed by atoms with E-state index < -0.39 is 12.1 Å². The number of carbonyl (C=O) groups excluding carboxylic acids is 1. The van der Waals surface area contributed by atoms with Crippen LogP contribution >= 0.6 is 22.9 Å². The number of esters is 1. The third kappa shape index (κ3) is 3.82. The van der Waals surface area contributed by atoms with Gasteiger partial charge in [-0.15, -0.1) is 11.3 Å². The number of halogens is 1. The Morgan fingerprint density at radius 2 is 1.89 bits per heavy atom. The molecule has 1 atom stereocenters. The lowest BCUT2D eigenvalue weighted by atomic mass is 10.1. The minimum absolute atomic E-state index is 0.380. The van der Waals surface area contributed by atoms with Gasteiger partial charge >= 0.3 is 5.97 Å². The third-order valence-corrected chi connectivity index (χ3v) is 5.11. The second-order valence-corrected chi connectivity index (χ2v) is 7.14. The fourth-order valence-corrected chi connectivity index (χ4v) is 3.54. The number of ether oxygens (including phenoxy) is 2. The number of nitrogens with one attached hydrogen (secondary N) is 1. The fourth-order valence-electron chi connectivity index (χ4n) is 2.68. The van der Waals surface area contributed by atoms with Crippen LogP contribution in [0.3, 0.4) is 0 Å². The Balaban J connectivity index is 1.50. The van der Waals surface area contributed by atoms with Crippen molar-refractivity contribution in [2.45, 2.75) is 6.10 Å². The molecule has 5 nitrogen and oxygen atoms in total. The topological polar surface area (TPSA) is 60.5 Å². The minimum Gasteiger partial charge on any atom is -0.497 e. The van der Waals surface area contributed by atoms with Gasteiger partial charge in [0.25, 0.3) is 0 Å². The SMILES string of the molecule is COc1ccc(-c2csc(NC3=CC(c4ccc(Cl)cc4)OC3=O)n2)cc1. The Labute approximate surface area is 165 Å². The monoisotopic (exact) mass is 398 g/mol. The van der Waals surface area contributed by atoms with Crippen LogP contribution in [-0.2, 0) is 9.53 Å². The molecule has 7 heteroatoms. The first kappa shape index (κ1) is 17.6. The number of cyclic esters (lactones) is 1. The van der Waals surface area contributed by atoms with Crippen LogP contribution in [0.4, 0.5) is 5.13 Å². The summed E-state index contributed by atoms with van der Waals surface area (Å²) >= 11 is 7.33. The molecule has 1 aliphatic rings. The summed E-state index contributed by atoms with van der Waals surface area (Å²) in [5.74, 6) is 0.385. The van der Waals surface area contributed by atoms with Gasteiger partial charge < -0.3 is 14.8 Å². The molecule has 0 spiro atoms. The van der Waals surface area contributed by atoms with Crippen molar-refractivity contribution in [2.75, 3.05) is 12.4 Å². The van der Waals surface area contributed by atoms with Gasteiger partial charge in [0.2, 0.25) is 0 Å². The third-order valence-electron chi connectivity index (χ3n) is 4.10. The maximum atomic E-state index is 12.2. The number of nitrogens with zero attached hydrogens (tertiary/aromatic N) is 1. The van der Waals surface area contributed by atoms with Gasteiger partial charge in [-0.25, -0.2) is 9.78 Å². The van der Waals surface area contributed by atoms with E-state index in [0.29, 0.717) is 15.9 Å². The number of anilines is 1. The summed E-state index contributed by atoms with van der Waals surface area (Å²) in [6.07, 6.45) is 1.32. The number of aromatic nitrogens is 1. The lowest BCUT2D eigenvalue weighted by molar-refractivity contribution is -0.139. The normalized spacial score (nSPS) is 16.0. The van der Waals surface area contributed by atoms with E-state index in [0.717, 1.165) is 22.6 Å². The molecular weight excluding hydrogens is 384 g/mol. The Hall–Kier alpha value is -2.83. The van der Waals surface area contributed by atoms with Gasteiger partial charge in [0.15, 0.2) is 5.13 Å². The number of benzene rings is 2. The molecule has 3 aromatic rings. The molecule has 1 unspecified atom stereocenters. The van der Waals surface area contributed by atoms with Crippen LogP contribution < -0.4 is 10.1 Å². The average molecular weight is 399 g/mol. The van der Waals surface area contributed by atoms with Gasteiger partial charge in [-0.2, -0.15) is 0 Å². The second kappa shape index (κ2) is 7.42. The van der Waals surface area contributed by atoms with Gasteiger partial charge in [0, 0.05) is 16.0 Å². The van der Waals surface area contributed by atoms with E-state index >= 15 is 0 Å². The molecule has 136 valence electrons. The summed E-state index contributed by atoms with van der Waals surface area (Å²) in [6, 6.07) is 14.9. The van der Waals surface area contributed by atoms with E-state index in [2.05, 4.69) is 10.3 Å². The van der Waals surface area contributed by atoms with Gasteiger partial charge in [0.1, 0.15) is 17.6 Å². The van der Waals surface area contributed by atoms with Crippen molar-refractivity contribution in [1.82, 2.24) is 4.98 Å². The first-order chi connectivity index (χ1) is 13.1. The van der Waals surface area contributed by atoms with Crippen LogP contribution in [0.1, 0.15) is 11.7 Å². The van der Waals surface area contributed by atoms with Crippen LogP contribution in [-0.4, -0.2) is 18.1 Å². The molecule has 0 amide bonds. The second-order valence-electron chi connectivity index (χ2n) is 5.85. The standard InChI is InChI=1S/C20H15ClN2O3S/c1-25-15-8-4-12(5-9-15)17-11-27-20(23-17)22-16-10-18(26-19(16)24)13-2-6-14(21)7-3-13/h2-11,18H,1H3,(H,22,23). The van der Waals surface area contributed by atoms with Crippen molar-refractivity contribution in [1.29, 1.82) is 0 Å². The highest BCUT2D eigenvalue weighted by molar-refractivity contribution is 7.14. The summed E-state index contributed by atoms with van der Waals surface area (Å²) in [7, 11) is 1.63. The van der Waals surface area contributed by atoms with Crippen LogP contribution in [0.2, 0.25) is 5.02 Å². The largest absolute Gasteiger partial charge is 0.497 e. The number of thiazole rings is 1. The van der Waals surface area contributed by atoms with E-state index in [4.69, 9.17) is 21.1 Å². The maximum Gasteiger partial charge on any atom is 0.355 e. The van der Waals surface area contributed by atoms with Crippen molar-refractivity contribution in [3.05, 3.63) is 76.3 Å². The van der Waals surface area contributed by atoms with Crippen LogP contribution in [0.5, 0.6) is 5.75 Å². The molecule has 1 N–H and O–H groups in total.